The average Bonchev–Trinajstić information content (AvgIpc) is 2.46. The summed E-state index contributed by atoms with van der Waals surface area (Å²) < 4.78 is 5.11. The molecule has 0 aromatic heterocycles. The quantitative estimate of drug-likeness (QED) is 0.706. The van der Waals surface area contributed by atoms with E-state index in [-0.39, 0.29) is 11.5 Å². The second kappa shape index (κ2) is 3.89. The molecular formula is C11H21NO2. The summed E-state index contributed by atoms with van der Waals surface area (Å²) in [4.78, 5) is 11.8. The van der Waals surface area contributed by atoms with Crippen molar-refractivity contribution in [2.45, 2.75) is 52.0 Å². The number of rotatable bonds is 3. The normalized spacial score (nSPS) is 37.1. The molecule has 0 aliphatic heterocycles. The summed E-state index contributed by atoms with van der Waals surface area (Å²) in [5.74, 6) is -0.123. The molecule has 0 radical (unpaired) electrons. The lowest BCUT2D eigenvalue weighted by atomic mass is 9.72. The van der Waals surface area contributed by atoms with Gasteiger partial charge in [-0.25, -0.2) is 0 Å². The first-order valence-corrected chi connectivity index (χ1v) is 5.46. The van der Waals surface area contributed by atoms with Gasteiger partial charge in [-0.05, 0) is 33.1 Å². The van der Waals surface area contributed by atoms with Gasteiger partial charge in [-0.2, -0.15) is 0 Å². The van der Waals surface area contributed by atoms with Gasteiger partial charge >= 0.3 is 5.97 Å². The molecule has 1 aliphatic rings. The van der Waals surface area contributed by atoms with Gasteiger partial charge in [0.25, 0.3) is 0 Å². The van der Waals surface area contributed by atoms with Gasteiger partial charge < -0.3 is 10.5 Å². The van der Waals surface area contributed by atoms with Crippen molar-refractivity contribution in [2.24, 2.45) is 11.1 Å². The first-order chi connectivity index (χ1) is 6.50. The summed E-state index contributed by atoms with van der Waals surface area (Å²) in [6.45, 7) is 6.26. The maximum atomic E-state index is 11.8. The molecule has 2 atom stereocenters. The highest BCUT2D eigenvalue weighted by Crippen LogP contribution is 2.47. The summed E-state index contributed by atoms with van der Waals surface area (Å²) in [6.07, 6.45) is 3.65. The number of carbonyl (C=O) groups excluding carboxylic acids is 1. The van der Waals surface area contributed by atoms with E-state index in [0.717, 1.165) is 25.7 Å². The van der Waals surface area contributed by atoms with Crippen LogP contribution in [0.1, 0.15) is 46.5 Å². The predicted octanol–water partition coefficient (Wildman–Crippen LogP) is 1.85. The molecule has 1 fully saturated rings. The Morgan fingerprint density at radius 1 is 1.43 bits per heavy atom. The third-order valence-electron chi connectivity index (χ3n) is 3.76. The van der Waals surface area contributed by atoms with E-state index in [2.05, 4.69) is 0 Å². The Bertz CT molecular complexity index is 229. The molecule has 0 aromatic carbocycles. The van der Waals surface area contributed by atoms with Crippen LogP contribution in [0.5, 0.6) is 0 Å². The van der Waals surface area contributed by atoms with Gasteiger partial charge in [-0.15, -0.1) is 0 Å². The molecule has 0 amide bonds. The van der Waals surface area contributed by atoms with Crippen LogP contribution in [0, 0.1) is 5.41 Å². The largest absolute Gasteiger partial charge is 0.466 e. The van der Waals surface area contributed by atoms with E-state index < -0.39 is 5.41 Å². The van der Waals surface area contributed by atoms with Crippen molar-refractivity contribution < 1.29 is 9.53 Å². The second-order valence-electron chi connectivity index (χ2n) is 4.42. The zero-order chi connectivity index (χ0) is 10.8. The van der Waals surface area contributed by atoms with Crippen molar-refractivity contribution in [1.82, 2.24) is 0 Å². The number of nitrogens with two attached hydrogens (primary N) is 1. The van der Waals surface area contributed by atoms with Gasteiger partial charge in [-0.1, -0.05) is 13.3 Å². The van der Waals surface area contributed by atoms with Crippen molar-refractivity contribution in [3.05, 3.63) is 0 Å². The minimum Gasteiger partial charge on any atom is -0.466 e. The van der Waals surface area contributed by atoms with Crippen LogP contribution >= 0.6 is 0 Å². The summed E-state index contributed by atoms with van der Waals surface area (Å²) >= 11 is 0. The van der Waals surface area contributed by atoms with E-state index in [1.165, 1.54) is 0 Å². The molecule has 14 heavy (non-hydrogen) atoms. The molecule has 1 aliphatic carbocycles. The van der Waals surface area contributed by atoms with Crippen molar-refractivity contribution in [3.63, 3.8) is 0 Å². The summed E-state index contributed by atoms with van der Waals surface area (Å²) in [5, 5.41) is 0. The Morgan fingerprint density at radius 2 is 2.07 bits per heavy atom. The Kier molecular flexibility index (Phi) is 3.20. The molecule has 82 valence electrons. The maximum Gasteiger partial charge on any atom is 0.313 e. The molecule has 1 rings (SSSR count). The molecule has 1 saturated carbocycles. The Labute approximate surface area is 86.0 Å². The maximum absolute atomic E-state index is 11.8. The zero-order valence-electron chi connectivity index (χ0n) is 9.43. The summed E-state index contributed by atoms with van der Waals surface area (Å²) in [6, 6.07) is 0. The lowest BCUT2D eigenvalue weighted by Crippen LogP contribution is -2.54. The standard InChI is InChI=1S/C11H21NO2/c1-4-11(12)8-6-7-10(11,3)9(13)14-5-2/h4-8,12H2,1-3H3. The fourth-order valence-corrected chi connectivity index (χ4v) is 2.44. The summed E-state index contributed by atoms with van der Waals surface area (Å²) in [7, 11) is 0. The fraction of sp³-hybridized carbons (Fsp3) is 0.909. The lowest BCUT2D eigenvalue weighted by molar-refractivity contribution is -0.157. The van der Waals surface area contributed by atoms with Crippen molar-refractivity contribution in [3.8, 4) is 0 Å². The van der Waals surface area contributed by atoms with E-state index in [0.29, 0.717) is 6.61 Å². The average molecular weight is 199 g/mol. The molecule has 2 unspecified atom stereocenters. The lowest BCUT2D eigenvalue weighted by Gasteiger charge is -2.38. The smallest absolute Gasteiger partial charge is 0.313 e. The van der Waals surface area contributed by atoms with E-state index in [9.17, 15) is 4.79 Å². The Hall–Kier alpha value is -0.570. The van der Waals surface area contributed by atoms with Gasteiger partial charge in [0, 0.05) is 5.54 Å². The topological polar surface area (TPSA) is 52.3 Å². The van der Waals surface area contributed by atoms with Crippen molar-refractivity contribution in [2.75, 3.05) is 6.61 Å². The second-order valence-corrected chi connectivity index (χ2v) is 4.42. The highest BCUT2D eigenvalue weighted by atomic mass is 16.5. The first kappa shape index (κ1) is 11.5. The minimum absolute atomic E-state index is 0.123. The number of hydrogen-bond donors (Lipinski definition) is 1. The molecule has 0 bridgehead atoms. The van der Waals surface area contributed by atoms with Crippen LogP contribution in [0.25, 0.3) is 0 Å². The third kappa shape index (κ3) is 1.54. The van der Waals surface area contributed by atoms with Crippen LogP contribution < -0.4 is 5.73 Å². The van der Waals surface area contributed by atoms with E-state index >= 15 is 0 Å². The van der Waals surface area contributed by atoms with Crippen LogP contribution in [-0.2, 0) is 9.53 Å². The molecular weight excluding hydrogens is 178 g/mol. The number of esters is 1. The van der Waals surface area contributed by atoms with Crippen LogP contribution in [0.3, 0.4) is 0 Å². The SMILES string of the molecule is CCOC(=O)C1(C)CCCC1(N)CC. The van der Waals surface area contributed by atoms with Gasteiger partial charge in [-0.3, -0.25) is 4.79 Å². The van der Waals surface area contributed by atoms with E-state index in [4.69, 9.17) is 10.5 Å². The van der Waals surface area contributed by atoms with E-state index in [1.807, 2.05) is 20.8 Å². The Balaban J connectivity index is 2.86. The number of ether oxygens (including phenoxy) is 1. The molecule has 0 aromatic rings. The number of hydrogen-bond acceptors (Lipinski definition) is 3. The number of carbonyl (C=O) groups is 1. The van der Waals surface area contributed by atoms with Gasteiger partial charge in [0.05, 0.1) is 12.0 Å². The van der Waals surface area contributed by atoms with Gasteiger partial charge in [0.2, 0.25) is 0 Å². The van der Waals surface area contributed by atoms with Crippen LogP contribution in [-0.4, -0.2) is 18.1 Å². The highest BCUT2D eigenvalue weighted by Gasteiger charge is 2.53. The van der Waals surface area contributed by atoms with Crippen molar-refractivity contribution >= 4 is 5.97 Å². The zero-order valence-corrected chi connectivity index (χ0v) is 9.43. The molecule has 0 saturated heterocycles. The van der Waals surface area contributed by atoms with Gasteiger partial charge in [0.1, 0.15) is 0 Å². The molecule has 3 nitrogen and oxygen atoms in total. The molecule has 2 N–H and O–H groups in total. The Morgan fingerprint density at radius 3 is 2.57 bits per heavy atom. The molecule has 0 heterocycles. The first-order valence-electron chi connectivity index (χ1n) is 5.46. The predicted molar refractivity (Wildman–Crippen MR) is 55.8 cm³/mol. The van der Waals surface area contributed by atoms with E-state index in [1.54, 1.807) is 0 Å². The fourth-order valence-electron chi connectivity index (χ4n) is 2.44. The van der Waals surface area contributed by atoms with Crippen LogP contribution in [0.4, 0.5) is 0 Å². The molecule has 0 spiro atoms. The third-order valence-corrected chi connectivity index (χ3v) is 3.76. The molecule has 3 heteroatoms. The summed E-state index contributed by atoms with van der Waals surface area (Å²) in [5.41, 5.74) is 5.43. The van der Waals surface area contributed by atoms with Crippen molar-refractivity contribution in [1.29, 1.82) is 0 Å². The highest BCUT2D eigenvalue weighted by molar-refractivity contribution is 5.78. The van der Waals surface area contributed by atoms with Gasteiger partial charge in [0.15, 0.2) is 0 Å². The van der Waals surface area contributed by atoms with Crippen LogP contribution in [0.2, 0.25) is 0 Å². The minimum atomic E-state index is -0.474. The monoisotopic (exact) mass is 199 g/mol. The van der Waals surface area contributed by atoms with Crippen LogP contribution in [0.15, 0.2) is 0 Å².